The summed E-state index contributed by atoms with van der Waals surface area (Å²) in [7, 11) is 0. The van der Waals surface area contributed by atoms with E-state index in [-0.39, 0.29) is 0 Å². The molecule has 1 aromatic rings. The zero-order chi connectivity index (χ0) is 12.0. The van der Waals surface area contributed by atoms with E-state index < -0.39 is 5.60 Å². The molecule has 0 saturated heterocycles. The van der Waals surface area contributed by atoms with E-state index in [1.165, 1.54) is 0 Å². The molecule has 0 radical (unpaired) electrons. The average Bonchev–Trinajstić information content (AvgIpc) is 2.28. The maximum Gasteiger partial charge on any atom is 0.119 e. The van der Waals surface area contributed by atoms with Crippen LogP contribution in [0.3, 0.4) is 0 Å². The van der Waals surface area contributed by atoms with Crippen molar-refractivity contribution in [3.63, 3.8) is 0 Å². The summed E-state index contributed by atoms with van der Waals surface area (Å²) in [4.78, 5) is 0. The van der Waals surface area contributed by atoms with Gasteiger partial charge < -0.3 is 15.2 Å². The molecule has 0 saturated carbocycles. The first kappa shape index (κ1) is 13.0. The Morgan fingerprint density at radius 1 is 1.25 bits per heavy atom. The number of benzene rings is 1. The molecule has 0 aliphatic carbocycles. The van der Waals surface area contributed by atoms with Crippen LogP contribution in [0.2, 0.25) is 0 Å². The quantitative estimate of drug-likeness (QED) is 0.774. The summed E-state index contributed by atoms with van der Waals surface area (Å²) in [5.41, 5.74) is 0.0673. The topological polar surface area (TPSA) is 41.5 Å². The summed E-state index contributed by atoms with van der Waals surface area (Å²) in [6, 6.07) is 7.59. The summed E-state index contributed by atoms with van der Waals surface area (Å²) < 4.78 is 5.36. The third kappa shape index (κ3) is 3.51. The molecule has 16 heavy (non-hydrogen) atoms. The third-order valence-corrected chi connectivity index (χ3v) is 2.51. The zero-order valence-electron chi connectivity index (χ0n) is 10.3. The fourth-order valence-corrected chi connectivity index (χ4v) is 1.55. The molecule has 0 aliphatic heterocycles. The molecule has 2 N–H and O–H groups in total. The van der Waals surface area contributed by atoms with Crippen molar-refractivity contribution in [1.29, 1.82) is 0 Å². The highest BCUT2D eigenvalue weighted by Crippen LogP contribution is 2.22. The van der Waals surface area contributed by atoms with Crippen molar-refractivity contribution in [3.8, 4) is 5.75 Å². The standard InChI is InChI=1S/C13H21NO2/c1-4-14-10-13(3,15)11-6-8-12(9-7-11)16-5-2/h6-9,14-15H,4-5,10H2,1-3H3. The first-order valence-electron chi connectivity index (χ1n) is 5.76. The van der Waals surface area contributed by atoms with Gasteiger partial charge in [-0.3, -0.25) is 0 Å². The van der Waals surface area contributed by atoms with E-state index in [1.807, 2.05) is 45.0 Å². The van der Waals surface area contributed by atoms with Crippen LogP contribution >= 0.6 is 0 Å². The third-order valence-electron chi connectivity index (χ3n) is 2.51. The van der Waals surface area contributed by atoms with Gasteiger partial charge >= 0.3 is 0 Å². The highest BCUT2D eigenvalue weighted by molar-refractivity contribution is 5.30. The number of nitrogens with one attached hydrogen (secondary N) is 1. The molecular weight excluding hydrogens is 202 g/mol. The summed E-state index contributed by atoms with van der Waals surface area (Å²) in [5, 5.41) is 13.4. The van der Waals surface area contributed by atoms with Crippen molar-refractivity contribution >= 4 is 0 Å². The van der Waals surface area contributed by atoms with Gasteiger partial charge in [-0.25, -0.2) is 0 Å². The lowest BCUT2D eigenvalue weighted by molar-refractivity contribution is 0.0575. The SMILES string of the molecule is CCNCC(C)(O)c1ccc(OCC)cc1. The van der Waals surface area contributed by atoms with Crippen molar-refractivity contribution in [3.05, 3.63) is 29.8 Å². The number of hydrogen-bond acceptors (Lipinski definition) is 3. The molecule has 0 amide bonds. The lowest BCUT2D eigenvalue weighted by atomic mass is 9.96. The minimum absolute atomic E-state index is 0.553. The molecule has 1 aromatic carbocycles. The summed E-state index contributed by atoms with van der Waals surface area (Å²) in [6.45, 7) is 7.85. The molecule has 0 heterocycles. The number of rotatable bonds is 6. The molecule has 0 fully saturated rings. The van der Waals surface area contributed by atoms with Gasteiger partial charge in [-0.05, 0) is 38.1 Å². The van der Waals surface area contributed by atoms with E-state index in [9.17, 15) is 5.11 Å². The molecule has 0 aromatic heterocycles. The van der Waals surface area contributed by atoms with Gasteiger partial charge in [0.05, 0.1) is 12.2 Å². The molecule has 0 spiro atoms. The predicted molar refractivity (Wildman–Crippen MR) is 65.7 cm³/mol. The van der Waals surface area contributed by atoms with Gasteiger partial charge in [-0.2, -0.15) is 0 Å². The molecule has 0 aliphatic rings. The van der Waals surface area contributed by atoms with Crippen LogP contribution in [0.15, 0.2) is 24.3 Å². The second-order valence-electron chi connectivity index (χ2n) is 4.01. The Bertz CT molecular complexity index is 306. The monoisotopic (exact) mass is 223 g/mol. The van der Waals surface area contributed by atoms with Crippen molar-refractivity contribution in [1.82, 2.24) is 5.32 Å². The molecule has 0 bridgehead atoms. The number of hydrogen-bond donors (Lipinski definition) is 2. The second kappa shape index (κ2) is 5.87. The maximum absolute atomic E-state index is 10.2. The smallest absolute Gasteiger partial charge is 0.119 e. The maximum atomic E-state index is 10.2. The van der Waals surface area contributed by atoms with Crippen LogP contribution in [0, 0.1) is 0 Å². The van der Waals surface area contributed by atoms with Gasteiger partial charge in [0.2, 0.25) is 0 Å². The first-order chi connectivity index (χ1) is 7.60. The first-order valence-corrected chi connectivity index (χ1v) is 5.76. The van der Waals surface area contributed by atoms with Gasteiger partial charge in [-0.1, -0.05) is 19.1 Å². The largest absolute Gasteiger partial charge is 0.494 e. The van der Waals surface area contributed by atoms with Crippen LogP contribution in [0.1, 0.15) is 26.3 Å². The van der Waals surface area contributed by atoms with E-state index in [1.54, 1.807) is 0 Å². The Morgan fingerprint density at radius 3 is 2.38 bits per heavy atom. The molecule has 1 rings (SSSR count). The predicted octanol–water partition coefficient (Wildman–Crippen LogP) is 1.90. The van der Waals surface area contributed by atoms with Gasteiger partial charge in [0.25, 0.3) is 0 Å². The van der Waals surface area contributed by atoms with Gasteiger partial charge in [0, 0.05) is 6.54 Å². The number of likely N-dealkylation sites (N-methyl/N-ethyl adjacent to an activating group) is 1. The zero-order valence-corrected chi connectivity index (χ0v) is 10.3. The van der Waals surface area contributed by atoms with E-state index >= 15 is 0 Å². The Labute approximate surface area is 97.4 Å². The summed E-state index contributed by atoms with van der Waals surface area (Å²) >= 11 is 0. The fraction of sp³-hybridized carbons (Fsp3) is 0.538. The van der Waals surface area contributed by atoms with Crippen LogP contribution in [0.4, 0.5) is 0 Å². The fourth-order valence-electron chi connectivity index (χ4n) is 1.55. The molecular formula is C13H21NO2. The minimum Gasteiger partial charge on any atom is -0.494 e. The highest BCUT2D eigenvalue weighted by Gasteiger charge is 2.21. The average molecular weight is 223 g/mol. The normalized spacial score (nSPS) is 14.5. The van der Waals surface area contributed by atoms with E-state index in [4.69, 9.17) is 4.74 Å². The van der Waals surface area contributed by atoms with Crippen molar-refractivity contribution in [2.24, 2.45) is 0 Å². The molecule has 1 unspecified atom stereocenters. The molecule has 3 nitrogen and oxygen atoms in total. The lowest BCUT2D eigenvalue weighted by Crippen LogP contribution is -2.35. The van der Waals surface area contributed by atoms with Crippen molar-refractivity contribution < 1.29 is 9.84 Å². The van der Waals surface area contributed by atoms with Crippen LogP contribution in [0.25, 0.3) is 0 Å². The summed E-state index contributed by atoms with van der Waals surface area (Å²) in [5.74, 6) is 0.838. The van der Waals surface area contributed by atoms with Crippen LogP contribution in [-0.2, 0) is 5.60 Å². The molecule has 3 heteroatoms. The second-order valence-corrected chi connectivity index (χ2v) is 4.01. The Balaban J connectivity index is 2.71. The number of aliphatic hydroxyl groups is 1. The summed E-state index contributed by atoms with van der Waals surface area (Å²) in [6.07, 6.45) is 0. The Hall–Kier alpha value is -1.06. The minimum atomic E-state index is -0.833. The van der Waals surface area contributed by atoms with Gasteiger partial charge in [-0.15, -0.1) is 0 Å². The van der Waals surface area contributed by atoms with Crippen LogP contribution in [-0.4, -0.2) is 24.8 Å². The van der Waals surface area contributed by atoms with Crippen molar-refractivity contribution in [2.45, 2.75) is 26.4 Å². The van der Waals surface area contributed by atoms with Crippen LogP contribution < -0.4 is 10.1 Å². The van der Waals surface area contributed by atoms with Gasteiger partial charge in [0.15, 0.2) is 0 Å². The Kier molecular flexibility index (Phi) is 4.77. The lowest BCUT2D eigenvalue weighted by Gasteiger charge is -2.24. The number of ether oxygens (including phenoxy) is 1. The van der Waals surface area contributed by atoms with E-state index in [0.29, 0.717) is 13.2 Å². The van der Waals surface area contributed by atoms with E-state index in [2.05, 4.69) is 5.32 Å². The van der Waals surface area contributed by atoms with Crippen molar-refractivity contribution in [2.75, 3.05) is 19.7 Å². The highest BCUT2D eigenvalue weighted by atomic mass is 16.5. The molecule has 90 valence electrons. The van der Waals surface area contributed by atoms with Gasteiger partial charge in [0.1, 0.15) is 5.75 Å². The molecule has 1 atom stereocenters. The van der Waals surface area contributed by atoms with Crippen LogP contribution in [0.5, 0.6) is 5.75 Å². The van der Waals surface area contributed by atoms with E-state index in [0.717, 1.165) is 17.9 Å². The Morgan fingerprint density at radius 2 is 1.88 bits per heavy atom.